The molecule has 1 unspecified atom stereocenters. The molecule has 7 heteroatoms. The average molecular weight is 306 g/mol. The first-order valence-electron chi connectivity index (χ1n) is 6.49. The minimum atomic E-state index is -4.16. The molecule has 120 valence electrons. The van der Waals surface area contributed by atoms with Crippen molar-refractivity contribution in [1.29, 1.82) is 0 Å². The number of nitrogens with zero attached hydrogens (tertiary/aromatic N) is 1. The Hall–Kier alpha value is -1.47. The fraction of sp³-hybridized carbons (Fsp3) is 0.571. The van der Waals surface area contributed by atoms with Gasteiger partial charge in [-0.3, -0.25) is 0 Å². The van der Waals surface area contributed by atoms with Gasteiger partial charge in [-0.1, -0.05) is 0 Å². The van der Waals surface area contributed by atoms with Gasteiger partial charge < -0.3 is 20.1 Å². The molecule has 0 amide bonds. The third-order valence-electron chi connectivity index (χ3n) is 3.12. The van der Waals surface area contributed by atoms with E-state index in [1.165, 1.54) is 14.2 Å². The van der Waals surface area contributed by atoms with Crippen LogP contribution in [0, 0.1) is 0 Å². The Morgan fingerprint density at radius 2 is 1.90 bits per heavy atom. The number of rotatable bonds is 7. The van der Waals surface area contributed by atoms with Crippen LogP contribution >= 0.6 is 0 Å². The maximum absolute atomic E-state index is 12.2. The molecule has 0 fully saturated rings. The summed E-state index contributed by atoms with van der Waals surface area (Å²) in [5.74, 6) is 1.21. The Morgan fingerprint density at radius 1 is 1.24 bits per heavy atom. The van der Waals surface area contributed by atoms with Gasteiger partial charge in [0.1, 0.15) is 11.5 Å². The van der Waals surface area contributed by atoms with Crippen LogP contribution in [0.2, 0.25) is 0 Å². The maximum Gasteiger partial charge on any atom is 0.390 e. The molecule has 0 aromatic heterocycles. The number of hydrogen-bond acceptors (Lipinski definition) is 4. The second kappa shape index (κ2) is 7.51. The predicted octanol–water partition coefficient (Wildman–Crippen LogP) is 2.59. The van der Waals surface area contributed by atoms with Crippen molar-refractivity contribution in [2.45, 2.75) is 18.6 Å². The number of nitrogens with two attached hydrogens (primary N) is 1. The average Bonchev–Trinajstić information content (AvgIpc) is 2.43. The van der Waals surface area contributed by atoms with Gasteiger partial charge in [-0.05, 0) is 25.2 Å². The predicted molar refractivity (Wildman–Crippen MR) is 74.6 cm³/mol. The van der Waals surface area contributed by atoms with E-state index in [0.717, 1.165) is 0 Å². The fourth-order valence-corrected chi connectivity index (χ4v) is 1.97. The van der Waals surface area contributed by atoms with E-state index in [1.807, 2.05) is 0 Å². The van der Waals surface area contributed by atoms with E-state index in [4.69, 9.17) is 15.2 Å². The summed E-state index contributed by atoms with van der Waals surface area (Å²) in [5.41, 5.74) is 6.78. The van der Waals surface area contributed by atoms with Gasteiger partial charge >= 0.3 is 6.18 Å². The van der Waals surface area contributed by atoms with Gasteiger partial charge in [-0.15, -0.1) is 0 Å². The van der Waals surface area contributed by atoms with Gasteiger partial charge in [0.05, 0.1) is 20.6 Å². The van der Waals surface area contributed by atoms with Crippen molar-refractivity contribution in [2.75, 3.05) is 34.4 Å². The highest BCUT2D eigenvalue weighted by molar-refractivity contribution is 5.42. The lowest BCUT2D eigenvalue weighted by Gasteiger charge is -2.23. The monoisotopic (exact) mass is 306 g/mol. The van der Waals surface area contributed by atoms with Crippen molar-refractivity contribution in [1.82, 2.24) is 4.90 Å². The molecule has 0 spiro atoms. The summed E-state index contributed by atoms with van der Waals surface area (Å²) in [6.07, 6.45) is -5.02. The summed E-state index contributed by atoms with van der Waals surface area (Å²) in [4.78, 5) is 1.55. The van der Waals surface area contributed by atoms with Crippen LogP contribution < -0.4 is 15.2 Å². The molecule has 1 aromatic carbocycles. The first kappa shape index (κ1) is 17.6. The second-order valence-electron chi connectivity index (χ2n) is 4.84. The van der Waals surface area contributed by atoms with Crippen LogP contribution in [0.5, 0.6) is 11.5 Å². The molecule has 1 rings (SSSR count). The highest BCUT2D eigenvalue weighted by Gasteiger charge is 2.27. The van der Waals surface area contributed by atoms with Crippen LogP contribution in [0.15, 0.2) is 18.2 Å². The van der Waals surface area contributed by atoms with Crippen molar-refractivity contribution < 1.29 is 22.6 Å². The van der Waals surface area contributed by atoms with E-state index in [1.54, 1.807) is 30.1 Å². The number of halogens is 3. The SMILES string of the molecule is COc1ccc(OC)c(C(N)CN(C)CCC(F)(F)F)c1. The van der Waals surface area contributed by atoms with Crippen LogP contribution in [0.4, 0.5) is 13.2 Å². The zero-order valence-electron chi connectivity index (χ0n) is 12.4. The van der Waals surface area contributed by atoms with Gasteiger partial charge in [0.2, 0.25) is 0 Å². The molecule has 21 heavy (non-hydrogen) atoms. The molecule has 1 atom stereocenters. The number of hydrogen-bond donors (Lipinski definition) is 1. The van der Waals surface area contributed by atoms with Crippen molar-refractivity contribution in [3.63, 3.8) is 0 Å². The van der Waals surface area contributed by atoms with Gasteiger partial charge in [0.25, 0.3) is 0 Å². The Labute approximate surface area is 122 Å². The van der Waals surface area contributed by atoms with Crippen LogP contribution in [-0.2, 0) is 0 Å². The maximum atomic E-state index is 12.2. The first-order valence-corrected chi connectivity index (χ1v) is 6.49. The molecule has 0 aliphatic rings. The molecule has 0 saturated carbocycles. The number of methoxy groups -OCH3 is 2. The number of likely N-dealkylation sites (N-methyl/N-ethyl adjacent to an activating group) is 1. The molecular formula is C14H21F3N2O2. The van der Waals surface area contributed by atoms with Crippen molar-refractivity contribution in [3.8, 4) is 11.5 Å². The molecule has 4 nitrogen and oxygen atoms in total. The smallest absolute Gasteiger partial charge is 0.390 e. The minimum Gasteiger partial charge on any atom is -0.497 e. The molecule has 0 saturated heterocycles. The zero-order valence-corrected chi connectivity index (χ0v) is 12.4. The third kappa shape index (κ3) is 5.81. The molecule has 2 N–H and O–H groups in total. The summed E-state index contributed by atoms with van der Waals surface area (Å²) < 4.78 is 47.0. The summed E-state index contributed by atoms with van der Waals surface area (Å²) in [5, 5.41) is 0. The number of ether oxygens (including phenoxy) is 2. The molecule has 0 radical (unpaired) electrons. The van der Waals surface area contributed by atoms with Crippen LogP contribution in [0.25, 0.3) is 0 Å². The van der Waals surface area contributed by atoms with Crippen LogP contribution in [-0.4, -0.2) is 45.4 Å². The van der Waals surface area contributed by atoms with E-state index in [0.29, 0.717) is 23.6 Å². The molecule has 0 aliphatic carbocycles. The molecule has 0 heterocycles. The second-order valence-corrected chi connectivity index (χ2v) is 4.84. The fourth-order valence-electron chi connectivity index (χ4n) is 1.97. The van der Waals surface area contributed by atoms with Crippen molar-refractivity contribution in [2.24, 2.45) is 5.73 Å². The lowest BCUT2D eigenvalue weighted by Crippen LogP contribution is -2.32. The topological polar surface area (TPSA) is 47.7 Å². The van der Waals surface area contributed by atoms with E-state index in [9.17, 15) is 13.2 Å². The largest absolute Gasteiger partial charge is 0.497 e. The molecule has 0 bridgehead atoms. The standard InChI is InChI=1S/C14H21F3N2O2/c1-19(7-6-14(15,16)17)9-12(18)11-8-10(20-2)4-5-13(11)21-3/h4-5,8,12H,6-7,9,18H2,1-3H3. The summed E-state index contributed by atoms with van der Waals surface area (Å²) >= 11 is 0. The van der Waals surface area contributed by atoms with E-state index in [2.05, 4.69) is 0 Å². The van der Waals surface area contributed by atoms with Gasteiger partial charge in [0.15, 0.2) is 0 Å². The number of alkyl halides is 3. The summed E-state index contributed by atoms with van der Waals surface area (Å²) in [6.45, 7) is 0.198. The third-order valence-corrected chi connectivity index (χ3v) is 3.12. The van der Waals surface area contributed by atoms with E-state index in [-0.39, 0.29) is 6.54 Å². The lowest BCUT2D eigenvalue weighted by atomic mass is 10.1. The van der Waals surface area contributed by atoms with Crippen molar-refractivity contribution >= 4 is 0 Å². The van der Waals surface area contributed by atoms with Crippen molar-refractivity contribution in [3.05, 3.63) is 23.8 Å². The van der Waals surface area contributed by atoms with Crippen LogP contribution in [0.3, 0.4) is 0 Å². The highest BCUT2D eigenvalue weighted by atomic mass is 19.4. The minimum absolute atomic E-state index is 0.0938. The lowest BCUT2D eigenvalue weighted by molar-refractivity contribution is -0.137. The Balaban J connectivity index is 2.72. The summed E-state index contributed by atoms with van der Waals surface area (Å²) in [6, 6.07) is 4.74. The first-order chi connectivity index (χ1) is 9.76. The number of benzene rings is 1. The molecular weight excluding hydrogens is 285 g/mol. The van der Waals surface area contributed by atoms with E-state index >= 15 is 0 Å². The zero-order chi connectivity index (χ0) is 16.0. The molecule has 1 aromatic rings. The Bertz CT molecular complexity index is 452. The van der Waals surface area contributed by atoms with Crippen LogP contribution in [0.1, 0.15) is 18.0 Å². The van der Waals surface area contributed by atoms with E-state index < -0.39 is 18.6 Å². The highest BCUT2D eigenvalue weighted by Crippen LogP contribution is 2.29. The Morgan fingerprint density at radius 3 is 2.43 bits per heavy atom. The molecule has 0 aliphatic heterocycles. The normalized spacial score (nSPS) is 13.3. The quantitative estimate of drug-likeness (QED) is 0.841. The van der Waals surface area contributed by atoms with Gasteiger partial charge in [0, 0.05) is 24.7 Å². The Kier molecular flexibility index (Phi) is 6.29. The summed E-state index contributed by atoms with van der Waals surface area (Å²) in [7, 11) is 4.66. The van der Waals surface area contributed by atoms with Gasteiger partial charge in [-0.25, -0.2) is 0 Å². The van der Waals surface area contributed by atoms with Gasteiger partial charge in [-0.2, -0.15) is 13.2 Å².